The molecule has 0 bridgehead atoms. The molecule has 0 radical (unpaired) electrons. The molecule has 1 aromatic heterocycles. The van der Waals surface area contributed by atoms with Gasteiger partial charge in [0.15, 0.2) is 5.82 Å². The highest BCUT2D eigenvalue weighted by atomic mass is 15.6. The van der Waals surface area contributed by atoms with E-state index in [1.165, 1.54) is 16.7 Å². The highest BCUT2D eigenvalue weighted by Gasteiger charge is 2.32. The lowest BCUT2D eigenvalue weighted by Crippen LogP contribution is -2.36. The van der Waals surface area contributed by atoms with Crippen LogP contribution in [0.4, 0.5) is 0 Å². The molecular weight excluding hydrogens is 346 g/mol. The zero-order chi connectivity index (χ0) is 20.1. The molecule has 1 heterocycles. The van der Waals surface area contributed by atoms with Crippen molar-refractivity contribution in [2.45, 2.75) is 59.2 Å². The van der Waals surface area contributed by atoms with Crippen LogP contribution in [0.5, 0.6) is 0 Å². The maximum atomic E-state index is 4.50. The molecule has 0 aliphatic heterocycles. The fourth-order valence-corrected chi connectivity index (χ4v) is 3.42. The number of hydrogen-bond donors (Lipinski definition) is 0. The van der Waals surface area contributed by atoms with E-state index in [2.05, 4.69) is 110 Å². The molecule has 148 valence electrons. The standard InChI is InChI=1S/C23H31N5/c1-6-23(4,5)28-22(24-25-26-28)21(20-15-13-18(3)14-16-20)27(7-2)17-19-11-9-8-10-12-19/h8-16,21H,6-7,17H2,1-5H3/t21-/m1/s1. The first kappa shape index (κ1) is 20.2. The lowest BCUT2D eigenvalue weighted by molar-refractivity contribution is 0.198. The summed E-state index contributed by atoms with van der Waals surface area (Å²) in [6.07, 6.45) is 0.955. The van der Waals surface area contributed by atoms with E-state index in [0.29, 0.717) is 0 Å². The molecule has 3 aromatic rings. The first-order valence-electron chi connectivity index (χ1n) is 10.1. The van der Waals surface area contributed by atoms with Crippen molar-refractivity contribution >= 4 is 0 Å². The number of tetrazole rings is 1. The van der Waals surface area contributed by atoms with Crippen LogP contribution in [-0.2, 0) is 12.1 Å². The van der Waals surface area contributed by atoms with Crippen LogP contribution >= 0.6 is 0 Å². The van der Waals surface area contributed by atoms with Crippen LogP contribution in [0.15, 0.2) is 54.6 Å². The second-order valence-electron chi connectivity index (χ2n) is 7.98. The first-order chi connectivity index (χ1) is 13.5. The van der Waals surface area contributed by atoms with Gasteiger partial charge >= 0.3 is 0 Å². The van der Waals surface area contributed by atoms with Gasteiger partial charge in [-0.25, -0.2) is 4.68 Å². The number of benzene rings is 2. The van der Waals surface area contributed by atoms with Crippen LogP contribution < -0.4 is 0 Å². The Morgan fingerprint density at radius 3 is 2.29 bits per heavy atom. The minimum absolute atomic E-state index is 0.00775. The predicted octanol–water partition coefficient (Wildman–Crippen LogP) is 4.74. The van der Waals surface area contributed by atoms with Crippen LogP contribution in [0, 0.1) is 6.92 Å². The van der Waals surface area contributed by atoms with E-state index >= 15 is 0 Å². The van der Waals surface area contributed by atoms with Crippen molar-refractivity contribution in [1.29, 1.82) is 0 Å². The van der Waals surface area contributed by atoms with Crippen molar-refractivity contribution in [2.75, 3.05) is 6.54 Å². The molecule has 0 aliphatic rings. The van der Waals surface area contributed by atoms with Crippen molar-refractivity contribution in [3.8, 4) is 0 Å². The van der Waals surface area contributed by atoms with Gasteiger partial charge in [0.2, 0.25) is 0 Å². The molecule has 0 aliphatic carbocycles. The van der Waals surface area contributed by atoms with E-state index in [1.807, 2.05) is 4.68 Å². The Hall–Kier alpha value is -2.53. The third-order valence-corrected chi connectivity index (χ3v) is 5.57. The topological polar surface area (TPSA) is 46.8 Å². The Labute approximate surface area is 168 Å². The molecule has 3 rings (SSSR count). The molecule has 1 atom stereocenters. The van der Waals surface area contributed by atoms with E-state index in [9.17, 15) is 0 Å². The molecule has 5 heteroatoms. The third kappa shape index (κ3) is 4.30. The van der Waals surface area contributed by atoms with Crippen LogP contribution in [0.3, 0.4) is 0 Å². The maximum absolute atomic E-state index is 4.50. The van der Waals surface area contributed by atoms with Crippen molar-refractivity contribution in [3.63, 3.8) is 0 Å². The van der Waals surface area contributed by atoms with Crippen molar-refractivity contribution in [2.24, 2.45) is 0 Å². The van der Waals surface area contributed by atoms with Gasteiger partial charge in [-0.3, -0.25) is 4.90 Å². The normalized spacial score (nSPS) is 13.1. The second kappa shape index (κ2) is 8.65. The summed E-state index contributed by atoms with van der Waals surface area (Å²) in [6, 6.07) is 19.3. The molecule has 0 fully saturated rings. The van der Waals surface area contributed by atoms with E-state index in [0.717, 1.165) is 25.3 Å². The third-order valence-electron chi connectivity index (χ3n) is 5.57. The van der Waals surface area contributed by atoms with E-state index in [1.54, 1.807) is 0 Å². The van der Waals surface area contributed by atoms with E-state index in [4.69, 9.17) is 0 Å². The Bertz CT molecular complexity index is 868. The van der Waals surface area contributed by atoms with Crippen molar-refractivity contribution in [3.05, 3.63) is 77.1 Å². The number of aromatic nitrogens is 4. The molecule has 2 aromatic carbocycles. The minimum atomic E-state index is -0.145. The second-order valence-corrected chi connectivity index (χ2v) is 7.98. The van der Waals surface area contributed by atoms with Gasteiger partial charge in [-0.2, -0.15) is 0 Å². The van der Waals surface area contributed by atoms with Gasteiger partial charge < -0.3 is 0 Å². The first-order valence-corrected chi connectivity index (χ1v) is 10.1. The van der Waals surface area contributed by atoms with Gasteiger partial charge in [-0.05, 0) is 55.3 Å². The van der Waals surface area contributed by atoms with Crippen molar-refractivity contribution in [1.82, 2.24) is 25.1 Å². The van der Waals surface area contributed by atoms with Gasteiger partial charge in [-0.1, -0.05) is 74.0 Å². The highest BCUT2D eigenvalue weighted by Crippen LogP contribution is 2.31. The Kier molecular flexibility index (Phi) is 6.25. The van der Waals surface area contributed by atoms with Gasteiger partial charge in [-0.15, -0.1) is 5.10 Å². The highest BCUT2D eigenvalue weighted by molar-refractivity contribution is 5.29. The molecule has 5 nitrogen and oxygen atoms in total. The number of aryl methyl sites for hydroxylation is 1. The lowest BCUT2D eigenvalue weighted by atomic mass is 9.98. The quantitative estimate of drug-likeness (QED) is 0.569. The average molecular weight is 378 g/mol. The number of hydrogen-bond acceptors (Lipinski definition) is 4. The van der Waals surface area contributed by atoms with Gasteiger partial charge in [0.1, 0.15) is 0 Å². The predicted molar refractivity (Wildman–Crippen MR) is 113 cm³/mol. The fourth-order valence-electron chi connectivity index (χ4n) is 3.42. The van der Waals surface area contributed by atoms with E-state index < -0.39 is 0 Å². The molecule has 0 spiro atoms. The molecule has 28 heavy (non-hydrogen) atoms. The number of rotatable bonds is 8. The average Bonchev–Trinajstić information content (AvgIpc) is 3.20. The van der Waals surface area contributed by atoms with Crippen LogP contribution in [-0.4, -0.2) is 31.7 Å². The Balaban J connectivity index is 2.08. The largest absolute Gasteiger partial charge is 0.286 e. The van der Waals surface area contributed by atoms with Crippen LogP contribution in [0.1, 0.15) is 62.7 Å². The van der Waals surface area contributed by atoms with Crippen LogP contribution in [0.2, 0.25) is 0 Å². The fraction of sp³-hybridized carbons (Fsp3) is 0.435. The zero-order valence-corrected chi connectivity index (χ0v) is 17.6. The Morgan fingerprint density at radius 2 is 1.68 bits per heavy atom. The summed E-state index contributed by atoms with van der Waals surface area (Å²) in [5.74, 6) is 0.897. The van der Waals surface area contributed by atoms with E-state index in [-0.39, 0.29) is 11.6 Å². The monoisotopic (exact) mass is 377 g/mol. The van der Waals surface area contributed by atoms with Crippen LogP contribution in [0.25, 0.3) is 0 Å². The summed E-state index contributed by atoms with van der Waals surface area (Å²) >= 11 is 0. The number of nitrogens with zero attached hydrogens (tertiary/aromatic N) is 5. The molecule has 0 unspecified atom stereocenters. The van der Waals surface area contributed by atoms with Gasteiger partial charge in [0, 0.05) is 6.54 Å². The summed E-state index contributed by atoms with van der Waals surface area (Å²) in [6.45, 7) is 12.6. The molecule has 0 N–H and O–H groups in total. The molecule has 0 saturated heterocycles. The molecule has 0 saturated carbocycles. The summed E-state index contributed by atoms with van der Waals surface area (Å²) < 4.78 is 2.01. The van der Waals surface area contributed by atoms with Gasteiger partial charge in [0.05, 0.1) is 11.6 Å². The lowest BCUT2D eigenvalue weighted by Gasteiger charge is -2.33. The maximum Gasteiger partial charge on any atom is 0.173 e. The molecule has 0 amide bonds. The summed E-state index contributed by atoms with van der Waals surface area (Å²) in [4.78, 5) is 2.44. The van der Waals surface area contributed by atoms with Gasteiger partial charge in [0.25, 0.3) is 0 Å². The summed E-state index contributed by atoms with van der Waals surface area (Å²) in [5, 5.41) is 12.9. The SMILES string of the molecule is CCN(Cc1ccccc1)[C@H](c1ccc(C)cc1)c1nnnn1C(C)(C)CC. The smallest absolute Gasteiger partial charge is 0.173 e. The van der Waals surface area contributed by atoms with Crippen molar-refractivity contribution < 1.29 is 0 Å². The summed E-state index contributed by atoms with van der Waals surface area (Å²) in [7, 11) is 0. The molecular formula is C23H31N5. The summed E-state index contributed by atoms with van der Waals surface area (Å²) in [5.41, 5.74) is 3.61. The zero-order valence-electron chi connectivity index (χ0n) is 17.6. The Morgan fingerprint density at radius 1 is 1.00 bits per heavy atom. The minimum Gasteiger partial charge on any atom is -0.286 e.